The van der Waals surface area contributed by atoms with Crippen molar-refractivity contribution in [3.8, 4) is 11.5 Å². The van der Waals surface area contributed by atoms with E-state index in [1.54, 1.807) is 7.11 Å². The molecule has 1 N–H and O–H groups in total. The van der Waals surface area contributed by atoms with Gasteiger partial charge >= 0.3 is 0 Å². The fourth-order valence-corrected chi connectivity index (χ4v) is 3.05. The molecule has 0 bridgehead atoms. The van der Waals surface area contributed by atoms with E-state index in [0.717, 1.165) is 57.1 Å². The molecule has 1 aromatic rings. The number of nitrogens with one attached hydrogen (secondary N) is 1. The Labute approximate surface area is 150 Å². The Bertz CT molecular complexity index is 552. The minimum absolute atomic E-state index is 0.0294. The Balaban J connectivity index is 1.33. The number of benzene rings is 1. The van der Waals surface area contributed by atoms with Crippen LogP contribution in [-0.2, 0) is 4.79 Å². The van der Waals surface area contributed by atoms with Crippen molar-refractivity contribution in [1.29, 1.82) is 0 Å². The molecule has 138 valence electrons. The molecule has 2 fully saturated rings. The summed E-state index contributed by atoms with van der Waals surface area (Å²) in [7, 11) is 1.66. The lowest BCUT2D eigenvalue weighted by Crippen LogP contribution is -2.54. The molecule has 0 aromatic heterocycles. The molecule has 1 heterocycles. The minimum atomic E-state index is -0.0294. The van der Waals surface area contributed by atoms with Gasteiger partial charge in [-0.05, 0) is 44.0 Å². The van der Waals surface area contributed by atoms with Gasteiger partial charge < -0.3 is 14.8 Å². The number of ether oxygens (including phenoxy) is 2. The zero-order valence-corrected chi connectivity index (χ0v) is 15.2. The van der Waals surface area contributed by atoms with Crippen molar-refractivity contribution in [3.63, 3.8) is 0 Å². The van der Waals surface area contributed by atoms with Crippen LogP contribution < -0.4 is 14.8 Å². The van der Waals surface area contributed by atoms with E-state index in [4.69, 9.17) is 9.47 Å². The molecule has 1 saturated carbocycles. The summed E-state index contributed by atoms with van der Waals surface area (Å²) in [6.07, 6.45) is 2.28. The predicted octanol–water partition coefficient (Wildman–Crippen LogP) is 1.36. The molecule has 6 nitrogen and oxygen atoms in total. The summed E-state index contributed by atoms with van der Waals surface area (Å²) in [5.41, 5.74) is 0. The zero-order chi connectivity index (χ0) is 17.6. The fourth-order valence-electron chi connectivity index (χ4n) is 3.05. The summed E-state index contributed by atoms with van der Waals surface area (Å²) in [5.74, 6) is 1.88. The second kappa shape index (κ2) is 8.54. The molecule has 1 amide bonds. The molecule has 1 atom stereocenters. The zero-order valence-electron chi connectivity index (χ0n) is 15.2. The van der Waals surface area contributed by atoms with Crippen LogP contribution in [0.3, 0.4) is 0 Å². The number of hydrogen-bond donors (Lipinski definition) is 1. The van der Waals surface area contributed by atoms with E-state index in [1.165, 1.54) is 0 Å². The number of hydrogen-bond acceptors (Lipinski definition) is 5. The quantitative estimate of drug-likeness (QED) is 0.770. The summed E-state index contributed by atoms with van der Waals surface area (Å²) in [6.45, 7) is 7.41. The highest BCUT2D eigenvalue weighted by Crippen LogP contribution is 2.19. The van der Waals surface area contributed by atoms with E-state index in [0.29, 0.717) is 12.6 Å². The van der Waals surface area contributed by atoms with Crippen molar-refractivity contribution in [3.05, 3.63) is 24.3 Å². The van der Waals surface area contributed by atoms with Crippen LogP contribution in [0.25, 0.3) is 0 Å². The van der Waals surface area contributed by atoms with Crippen molar-refractivity contribution < 1.29 is 14.3 Å². The highest BCUT2D eigenvalue weighted by Gasteiger charge is 2.29. The van der Waals surface area contributed by atoms with Crippen LogP contribution in [0, 0.1) is 0 Å². The van der Waals surface area contributed by atoms with Crippen LogP contribution in [-0.4, -0.2) is 74.2 Å². The first-order valence-corrected chi connectivity index (χ1v) is 9.19. The van der Waals surface area contributed by atoms with Crippen molar-refractivity contribution >= 4 is 5.91 Å². The SMILES string of the molecule is COc1ccc(OCCN2CCN(C(C)C(=O)NC3CC3)CC2)cc1. The monoisotopic (exact) mass is 347 g/mol. The molecule has 1 aromatic carbocycles. The molecule has 3 rings (SSSR count). The molecule has 1 aliphatic heterocycles. The highest BCUT2D eigenvalue weighted by atomic mass is 16.5. The van der Waals surface area contributed by atoms with Crippen molar-refractivity contribution in [2.75, 3.05) is 46.4 Å². The average molecular weight is 347 g/mol. The summed E-state index contributed by atoms with van der Waals surface area (Å²) >= 11 is 0. The first-order chi connectivity index (χ1) is 12.2. The Hall–Kier alpha value is -1.79. The number of amides is 1. The van der Waals surface area contributed by atoms with E-state index in [9.17, 15) is 4.79 Å². The smallest absolute Gasteiger partial charge is 0.237 e. The van der Waals surface area contributed by atoms with Crippen molar-refractivity contribution in [1.82, 2.24) is 15.1 Å². The van der Waals surface area contributed by atoms with Gasteiger partial charge in [-0.1, -0.05) is 0 Å². The van der Waals surface area contributed by atoms with Gasteiger partial charge in [-0.3, -0.25) is 14.6 Å². The predicted molar refractivity (Wildman–Crippen MR) is 97.1 cm³/mol. The normalized spacial score (nSPS) is 20.1. The average Bonchev–Trinajstić information content (AvgIpc) is 3.46. The molecule has 2 aliphatic rings. The third-order valence-electron chi connectivity index (χ3n) is 4.99. The van der Waals surface area contributed by atoms with Crippen LogP contribution in [0.2, 0.25) is 0 Å². The maximum absolute atomic E-state index is 12.2. The minimum Gasteiger partial charge on any atom is -0.497 e. The van der Waals surface area contributed by atoms with Gasteiger partial charge in [0.1, 0.15) is 18.1 Å². The standard InChI is InChI=1S/C19H29N3O3/c1-15(19(23)20-16-3-4-16)22-11-9-21(10-12-22)13-14-25-18-7-5-17(24-2)6-8-18/h5-8,15-16H,3-4,9-14H2,1-2H3,(H,20,23). The number of carbonyl (C=O) groups is 1. The van der Waals surface area contributed by atoms with E-state index < -0.39 is 0 Å². The topological polar surface area (TPSA) is 54.0 Å². The van der Waals surface area contributed by atoms with Crippen LogP contribution in [0.5, 0.6) is 11.5 Å². The molecule has 1 saturated heterocycles. The van der Waals surface area contributed by atoms with Gasteiger partial charge in [-0.25, -0.2) is 0 Å². The molecule has 6 heteroatoms. The molecule has 0 radical (unpaired) electrons. The second-order valence-electron chi connectivity index (χ2n) is 6.86. The van der Waals surface area contributed by atoms with E-state index in [2.05, 4.69) is 15.1 Å². The molecular formula is C19H29N3O3. The summed E-state index contributed by atoms with van der Waals surface area (Å²) in [4.78, 5) is 16.8. The third-order valence-corrected chi connectivity index (χ3v) is 4.99. The Morgan fingerprint density at radius 1 is 1.16 bits per heavy atom. The van der Waals surface area contributed by atoms with Crippen molar-refractivity contribution in [2.45, 2.75) is 31.8 Å². The first kappa shape index (κ1) is 18.0. The van der Waals surface area contributed by atoms with Gasteiger partial charge in [0.2, 0.25) is 5.91 Å². The van der Waals surface area contributed by atoms with Gasteiger partial charge in [0.25, 0.3) is 0 Å². The lowest BCUT2D eigenvalue weighted by molar-refractivity contribution is -0.126. The number of methoxy groups -OCH3 is 1. The lowest BCUT2D eigenvalue weighted by atomic mass is 10.2. The van der Waals surface area contributed by atoms with Gasteiger partial charge in [0, 0.05) is 38.8 Å². The van der Waals surface area contributed by atoms with Gasteiger partial charge in [-0.15, -0.1) is 0 Å². The second-order valence-corrected chi connectivity index (χ2v) is 6.86. The fraction of sp³-hybridized carbons (Fsp3) is 0.632. The van der Waals surface area contributed by atoms with Crippen LogP contribution in [0.15, 0.2) is 24.3 Å². The Morgan fingerprint density at radius 3 is 2.40 bits per heavy atom. The maximum Gasteiger partial charge on any atom is 0.237 e. The number of piperazine rings is 1. The summed E-state index contributed by atoms with van der Waals surface area (Å²) < 4.78 is 10.9. The number of carbonyl (C=O) groups excluding carboxylic acids is 1. The largest absolute Gasteiger partial charge is 0.497 e. The molecule has 1 unspecified atom stereocenters. The van der Waals surface area contributed by atoms with Crippen LogP contribution in [0.4, 0.5) is 0 Å². The van der Waals surface area contributed by atoms with Gasteiger partial charge in [0.05, 0.1) is 13.2 Å². The van der Waals surface area contributed by atoms with Crippen LogP contribution >= 0.6 is 0 Å². The van der Waals surface area contributed by atoms with E-state index >= 15 is 0 Å². The Kier molecular flexibility index (Phi) is 6.15. The lowest BCUT2D eigenvalue weighted by Gasteiger charge is -2.37. The number of nitrogens with zero attached hydrogens (tertiary/aromatic N) is 2. The molecule has 0 spiro atoms. The van der Waals surface area contributed by atoms with Crippen molar-refractivity contribution in [2.24, 2.45) is 0 Å². The first-order valence-electron chi connectivity index (χ1n) is 9.19. The molecular weight excluding hydrogens is 318 g/mol. The summed E-state index contributed by atoms with van der Waals surface area (Å²) in [5, 5.41) is 3.10. The van der Waals surface area contributed by atoms with Gasteiger partial charge in [-0.2, -0.15) is 0 Å². The van der Waals surface area contributed by atoms with Gasteiger partial charge in [0.15, 0.2) is 0 Å². The highest BCUT2D eigenvalue weighted by molar-refractivity contribution is 5.81. The number of rotatable bonds is 8. The van der Waals surface area contributed by atoms with E-state index in [1.807, 2.05) is 31.2 Å². The Morgan fingerprint density at radius 2 is 1.80 bits per heavy atom. The molecule has 25 heavy (non-hydrogen) atoms. The molecule has 1 aliphatic carbocycles. The third kappa shape index (κ3) is 5.34. The van der Waals surface area contributed by atoms with E-state index in [-0.39, 0.29) is 11.9 Å². The summed E-state index contributed by atoms with van der Waals surface area (Å²) in [6, 6.07) is 8.07. The van der Waals surface area contributed by atoms with Crippen LogP contribution in [0.1, 0.15) is 19.8 Å². The maximum atomic E-state index is 12.2.